The summed E-state index contributed by atoms with van der Waals surface area (Å²) in [5.74, 6) is -0.163. The number of unbranched alkanes of at least 4 members (excludes halogenated alkanes) is 1. The van der Waals surface area contributed by atoms with Gasteiger partial charge in [-0.2, -0.15) is 0 Å². The van der Waals surface area contributed by atoms with Crippen molar-refractivity contribution in [3.05, 3.63) is 23.8 Å². The zero-order valence-electron chi connectivity index (χ0n) is 12.2. The number of halogens is 1. The molecule has 118 valence electrons. The fourth-order valence-corrected chi connectivity index (χ4v) is 2.62. The maximum Gasteiger partial charge on any atom is 0.265 e. The average molecular weight is 334 g/mol. The van der Waals surface area contributed by atoms with Crippen LogP contribution in [-0.4, -0.2) is 27.5 Å². The van der Waals surface area contributed by atoms with Crippen molar-refractivity contribution in [1.29, 1.82) is 0 Å². The quantitative estimate of drug-likeness (QED) is 0.586. The molecule has 0 fully saturated rings. The summed E-state index contributed by atoms with van der Waals surface area (Å²) in [4.78, 5) is 11.7. The number of benzene rings is 1. The van der Waals surface area contributed by atoms with E-state index in [0.29, 0.717) is 13.2 Å². The normalized spacial score (nSPS) is 11.2. The molecule has 0 aliphatic heterocycles. The second-order valence-corrected chi connectivity index (χ2v) is 7.09. The molecule has 0 saturated carbocycles. The minimum Gasteiger partial charge on any atom is -0.492 e. The molecule has 1 N–H and O–H groups in total. The number of carbonyl (C=O) groups is 1. The summed E-state index contributed by atoms with van der Waals surface area (Å²) in [5.41, 5.74) is 0.241. The molecular weight excluding hydrogens is 314 g/mol. The molecule has 1 aromatic rings. The molecule has 0 unspecified atom stereocenters. The Kier molecular flexibility index (Phi) is 6.98. The van der Waals surface area contributed by atoms with Gasteiger partial charge >= 0.3 is 0 Å². The van der Waals surface area contributed by atoms with Gasteiger partial charge in [0.05, 0.1) is 6.61 Å². The maximum atomic E-state index is 11.9. The number of nitrogens with one attached hydrogen (secondary N) is 1. The SMILES string of the molecule is CCCCOc1ccc(C(=O)NCCC)cc1S(=O)(=O)Cl. The highest BCUT2D eigenvalue weighted by molar-refractivity contribution is 8.13. The molecule has 1 aromatic carbocycles. The van der Waals surface area contributed by atoms with Crippen molar-refractivity contribution < 1.29 is 17.9 Å². The Morgan fingerprint density at radius 2 is 2.00 bits per heavy atom. The monoisotopic (exact) mass is 333 g/mol. The third kappa shape index (κ3) is 5.55. The minimum absolute atomic E-state index is 0.172. The molecule has 0 atom stereocenters. The Hall–Kier alpha value is -1.27. The molecule has 0 spiro atoms. The third-order valence-electron chi connectivity index (χ3n) is 2.76. The summed E-state index contributed by atoms with van der Waals surface area (Å²) < 4.78 is 28.7. The van der Waals surface area contributed by atoms with Crippen LogP contribution in [0.5, 0.6) is 5.75 Å². The second kappa shape index (κ2) is 8.24. The van der Waals surface area contributed by atoms with Crippen molar-refractivity contribution in [3.8, 4) is 5.75 Å². The molecule has 21 heavy (non-hydrogen) atoms. The topological polar surface area (TPSA) is 72.5 Å². The fraction of sp³-hybridized carbons (Fsp3) is 0.500. The van der Waals surface area contributed by atoms with Gasteiger partial charge in [-0.1, -0.05) is 20.3 Å². The largest absolute Gasteiger partial charge is 0.492 e. The smallest absolute Gasteiger partial charge is 0.265 e. The summed E-state index contributed by atoms with van der Waals surface area (Å²) in [7, 11) is 1.44. The predicted molar refractivity (Wildman–Crippen MR) is 82.5 cm³/mol. The Labute approximate surface area is 130 Å². The van der Waals surface area contributed by atoms with Gasteiger partial charge in [0.25, 0.3) is 15.0 Å². The first-order valence-corrected chi connectivity index (χ1v) is 9.20. The average Bonchev–Trinajstić information content (AvgIpc) is 2.44. The van der Waals surface area contributed by atoms with Crippen molar-refractivity contribution in [2.24, 2.45) is 0 Å². The zero-order chi connectivity index (χ0) is 15.9. The standard InChI is InChI=1S/C14H20ClNO4S/c1-3-5-9-20-12-7-6-11(14(17)16-8-4-2)10-13(12)21(15,18)19/h6-7,10H,3-5,8-9H2,1-2H3,(H,16,17). The first-order chi connectivity index (χ1) is 9.90. The lowest BCUT2D eigenvalue weighted by Gasteiger charge is -2.11. The second-order valence-electron chi connectivity index (χ2n) is 4.56. The summed E-state index contributed by atoms with van der Waals surface area (Å²) in [6, 6.07) is 4.23. The summed E-state index contributed by atoms with van der Waals surface area (Å²) in [5, 5.41) is 2.68. The van der Waals surface area contributed by atoms with Crippen molar-refractivity contribution in [1.82, 2.24) is 5.32 Å². The summed E-state index contributed by atoms with van der Waals surface area (Å²) in [6.45, 7) is 4.86. The van der Waals surface area contributed by atoms with E-state index in [1.54, 1.807) is 0 Å². The van der Waals surface area contributed by atoms with E-state index in [2.05, 4.69) is 5.32 Å². The van der Waals surface area contributed by atoms with Crippen LogP contribution in [0.3, 0.4) is 0 Å². The van der Waals surface area contributed by atoms with Crippen molar-refractivity contribution >= 4 is 25.6 Å². The number of amides is 1. The van der Waals surface area contributed by atoms with Gasteiger partial charge in [-0.05, 0) is 31.0 Å². The molecule has 0 aliphatic carbocycles. The lowest BCUT2D eigenvalue weighted by atomic mass is 10.2. The van der Waals surface area contributed by atoms with Gasteiger partial charge in [0.1, 0.15) is 10.6 Å². The van der Waals surface area contributed by atoms with E-state index >= 15 is 0 Å². The number of ether oxygens (including phenoxy) is 1. The molecule has 7 heteroatoms. The van der Waals surface area contributed by atoms with E-state index < -0.39 is 9.05 Å². The highest BCUT2D eigenvalue weighted by Gasteiger charge is 2.19. The number of hydrogen-bond acceptors (Lipinski definition) is 4. The van der Waals surface area contributed by atoms with E-state index in [9.17, 15) is 13.2 Å². The zero-order valence-corrected chi connectivity index (χ0v) is 13.8. The van der Waals surface area contributed by atoms with Crippen LogP contribution in [0.25, 0.3) is 0 Å². The summed E-state index contributed by atoms with van der Waals surface area (Å²) in [6.07, 6.45) is 2.53. The molecule has 0 heterocycles. The maximum absolute atomic E-state index is 11.9. The van der Waals surface area contributed by atoms with Crippen molar-refractivity contribution in [3.63, 3.8) is 0 Å². The van der Waals surface area contributed by atoms with Gasteiger partial charge in [-0.25, -0.2) is 8.42 Å². The molecule has 0 saturated heterocycles. The molecule has 0 aromatic heterocycles. The Morgan fingerprint density at radius 3 is 2.57 bits per heavy atom. The van der Waals surface area contributed by atoms with Gasteiger partial charge < -0.3 is 10.1 Å². The van der Waals surface area contributed by atoms with E-state index in [4.69, 9.17) is 15.4 Å². The molecule has 0 bridgehead atoms. The number of rotatable bonds is 8. The van der Waals surface area contributed by atoms with Crippen LogP contribution in [0.15, 0.2) is 23.1 Å². The van der Waals surface area contributed by atoms with Crippen LogP contribution < -0.4 is 10.1 Å². The fourth-order valence-electron chi connectivity index (χ4n) is 1.63. The van der Waals surface area contributed by atoms with Crippen LogP contribution in [-0.2, 0) is 9.05 Å². The molecule has 5 nitrogen and oxygen atoms in total. The molecule has 1 rings (SSSR count). The molecule has 1 amide bonds. The van der Waals surface area contributed by atoms with Crippen LogP contribution in [0.1, 0.15) is 43.5 Å². The predicted octanol–water partition coefficient (Wildman–Crippen LogP) is 2.93. The van der Waals surface area contributed by atoms with Gasteiger partial charge in [0, 0.05) is 22.8 Å². The highest BCUT2D eigenvalue weighted by atomic mass is 35.7. The Balaban J connectivity index is 3.04. The minimum atomic E-state index is -3.98. The van der Waals surface area contributed by atoms with Crippen LogP contribution in [0.4, 0.5) is 0 Å². The van der Waals surface area contributed by atoms with Crippen molar-refractivity contribution in [2.45, 2.75) is 38.0 Å². The number of carbonyl (C=O) groups excluding carboxylic acids is 1. The van der Waals surface area contributed by atoms with E-state index in [0.717, 1.165) is 19.3 Å². The lowest BCUT2D eigenvalue weighted by Crippen LogP contribution is -2.24. The van der Waals surface area contributed by atoms with Gasteiger partial charge in [-0.15, -0.1) is 0 Å². The van der Waals surface area contributed by atoms with Crippen LogP contribution >= 0.6 is 10.7 Å². The lowest BCUT2D eigenvalue weighted by molar-refractivity contribution is 0.0953. The first kappa shape index (κ1) is 17.8. The van der Waals surface area contributed by atoms with Crippen molar-refractivity contribution in [2.75, 3.05) is 13.2 Å². The first-order valence-electron chi connectivity index (χ1n) is 6.89. The van der Waals surface area contributed by atoms with E-state index in [1.165, 1.54) is 18.2 Å². The summed E-state index contributed by atoms with van der Waals surface area (Å²) >= 11 is 0. The Bertz CT molecular complexity index is 587. The van der Waals surface area contributed by atoms with E-state index in [1.807, 2.05) is 13.8 Å². The number of hydrogen-bond donors (Lipinski definition) is 1. The van der Waals surface area contributed by atoms with Crippen LogP contribution in [0.2, 0.25) is 0 Å². The highest BCUT2D eigenvalue weighted by Crippen LogP contribution is 2.28. The van der Waals surface area contributed by atoms with E-state index in [-0.39, 0.29) is 22.1 Å². The Morgan fingerprint density at radius 1 is 1.29 bits per heavy atom. The molecule has 0 aliphatic rings. The van der Waals surface area contributed by atoms with Gasteiger partial charge in [0.2, 0.25) is 0 Å². The van der Waals surface area contributed by atoms with Gasteiger partial charge in [0.15, 0.2) is 0 Å². The van der Waals surface area contributed by atoms with Crippen LogP contribution in [0, 0.1) is 0 Å². The van der Waals surface area contributed by atoms with Gasteiger partial charge in [-0.3, -0.25) is 4.79 Å². The third-order valence-corrected chi connectivity index (χ3v) is 4.10. The molecule has 0 radical (unpaired) electrons. The molecular formula is C14H20ClNO4S.